The Morgan fingerprint density at radius 1 is 1.15 bits per heavy atom. The zero-order valence-electron chi connectivity index (χ0n) is 11.0. The Hall–Kier alpha value is -1.27. The first-order valence-corrected chi connectivity index (χ1v) is 6.82. The lowest BCUT2D eigenvalue weighted by molar-refractivity contribution is -0.184. The molecule has 7 heteroatoms. The zero-order chi connectivity index (χ0) is 15.0. The number of nitrogens with one attached hydrogen (secondary N) is 1. The van der Waals surface area contributed by atoms with Crippen molar-refractivity contribution in [3.8, 4) is 0 Å². The summed E-state index contributed by atoms with van der Waals surface area (Å²) in [4.78, 5) is 22.8. The molecule has 2 aliphatic rings. The highest BCUT2D eigenvalue weighted by atomic mass is 19.4. The number of carbonyl (C=O) groups is 2. The molecule has 0 bridgehead atoms. The summed E-state index contributed by atoms with van der Waals surface area (Å²) in [5.41, 5.74) is -0.834. The van der Waals surface area contributed by atoms with Crippen molar-refractivity contribution < 1.29 is 27.9 Å². The van der Waals surface area contributed by atoms with Gasteiger partial charge in [-0.1, -0.05) is 0 Å². The quantitative estimate of drug-likeness (QED) is 0.836. The molecule has 0 heterocycles. The summed E-state index contributed by atoms with van der Waals surface area (Å²) >= 11 is 0. The van der Waals surface area contributed by atoms with Gasteiger partial charge in [-0.15, -0.1) is 0 Å². The van der Waals surface area contributed by atoms with Crippen molar-refractivity contribution in [2.45, 2.75) is 44.7 Å². The van der Waals surface area contributed by atoms with Gasteiger partial charge in [0.25, 0.3) is 0 Å². The number of carboxylic acid groups (broad SMARTS) is 1. The lowest BCUT2D eigenvalue weighted by atomic mass is 9.81. The second-order valence-corrected chi connectivity index (χ2v) is 5.89. The van der Waals surface area contributed by atoms with Gasteiger partial charge in [0.15, 0.2) is 0 Å². The van der Waals surface area contributed by atoms with Gasteiger partial charge < -0.3 is 10.4 Å². The zero-order valence-corrected chi connectivity index (χ0v) is 11.0. The predicted molar refractivity (Wildman–Crippen MR) is 63.8 cm³/mol. The smallest absolute Gasteiger partial charge is 0.391 e. The highest BCUT2D eigenvalue weighted by molar-refractivity contribution is 5.82. The third kappa shape index (κ3) is 3.24. The maximum absolute atomic E-state index is 12.5. The number of rotatable bonds is 4. The average Bonchev–Trinajstić information content (AvgIpc) is 3.16. The van der Waals surface area contributed by atoms with Crippen LogP contribution in [0.3, 0.4) is 0 Å². The molecule has 20 heavy (non-hydrogen) atoms. The number of carbonyl (C=O) groups excluding carboxylic acids is 1. The van der Waals surface area contributed by atoms with Crippen molar-refractivity contribution in [3.05, 3.63) is 0 Å². The van der Waals surface area contributed by atoms with E-state index >= 15 is 0 Å². The fraction of sp³-hybridized carbons (Fsp3) is 0.846. The minimum atomic E-state index is -4.18. The number of hydrogen-bond donors (Lipinski definition) is 2. The van der Waals surface area contributed by atoms with Crippen LogP contribution in [0.2, 0.25) is 0 Å². The van der Waals surface area contributed by atoms with Crippen molar-refractivity contribution in [2.24, 2.45) is 17.3 Å². The third-order valence-corrected chi connectivity index (χ3v) is 4.47. The molecule has 2 saturated carbocycles. The van der Waals surface area contributed by atoms with Crippen molar-refractivity contribution in [2.75, 3.05) is 6.54 Å². The van der Waals surface area contributed by atoms with E-state index in [1.165, 1.54) is 0 Å². The number of amides is 1. The molecule has 0 unspecified atom stereocenters. The lowest BCUT2D eigenvalue weighted by Gasteiger charge is -2.29. The first kappa shape index (κ1) is 15.1. The molecular formula is C13H18F3NO3. The highest BCUT2D eigenvalue weighted by Crippen LogP contribution is 2.45. The van der Waals surface area contributed by atoms with Crippen molar-refractivity contribution in [1.29, 1.82) is 0 Å². The molecule has 0 aromatic carbocycles. The summed E-state index contributed by atoms with van der Waals surface area (Å²) in [7, 11) is 0. The number of hydrogen-bond acceptors (Lipinski definition) is 2. The van der Waals surface area contributed by atoms with E-state index in [9.17, 15) is 22.8 Å². The molecule has 2 aliphatic carbocycles. The van der Waals surface area contributed by atoms with Gasteiger partial charge in [-0.2, -0.15) is 13.2 Å². The van der Waals surface area contributed by atoms with Crippen LogP contribution >= 0.6 is 0 Å². The Morgan fingerprint density at radius 2 is 1.70 bits per heavy atom. The Bertz CT molecular complexity index is 396. The average molecular weight is 293 g/mol. The summed E-state index contributed by atoms with van der Waals surface area (Å²) < 4.78 is 37.5. The molecule has 0 spiro atoms. The van der Waals surface area contributed by atoms with Crippen LogP contribution in [0.15, 0.2) is 0 Å². The second-order valence-electron chi connectivity index (χ2n) is 5.89. The normalized spacial score (nSPS) is 28.8. The van der Waals surface area contributed by atoms with Crippen LogP contribution < -0.4 is 5.32 Å². The maximum atomic E-state index is 12.5. The molecular weight excluding hydrogens is 275 g/mol. The van der Waals surface area contributed by atoms with E-state index in [1.54, 1.807) is 0 Å². The highest BCUT2D eigenvalue weighted by Gasteiger charge is 2.50. The van der Waals surface area contributed by atoms with E-state index in [0.29, 0.717) is 12.8 Å². The van der Waals surface area contributed by atoms with Gasteiger partial charge in [-0.3, -0.25) is 9.59 Å². The predicted octanol–water partition coefficient (Wildman–Crippen LogP) is 2.34. The molecule has 0 aromatic rings. The molecule has 0 aliphatic heterocycles. The minimum absolute atomic E-state index is 0.0222. The Morgan fingerprint density at radius 3 is 2.10 bits per heavy atom. The molecule has 0 atom stereocenters. The topological polar surface area (TPSA) is 66.4 Å². The van der Waals surface area contributed by atoms with Crippen LogP contribution in [0.25, 0.3) is 0 Å². The lowest BCUT2D eigenvalue weighted by Crippen LogP contribution is -2.40. The van der Waals surface area contributed by atoms with Crippen molar-refractivity contribution >= 4 is 11.9 Å². The van der Waals surface area contributed by atoms with Gasteiger partial charge in [0.05, 0.1) is 11.3 Å². The summed E-state index contributed by atoms with van der Waals surface area (Å²) in [6.45, 7) is 0.0837. The number of carboxylic acids is 1. The fourth-order valence-corrected chi connectivity index (χ4v) is 2.70. The molecule has 4 nitrogen and oxygen atoms in total. The van der Waals surface area contributed by atoms with Crippen molar-refractivity contribution in [1.82, 2.24) is 5.32 Å². The Labute approximate surface area is 114 Å². The van der Waals surface area contributed by atoms with Gasteiger partial charge in [0, 0.05) is 12.5 Å². The van der Waals surface area contributed by atoms with Gasteiger partial charge in [-0.05, 0) is 38.5 Å². The van der Waals surface area contributed by atoms with Crippen LogP contribution in [0.5, 0.6) is 0 Å². The molecule has 0 radical (unpaired) electrons. The first-order chi connectivity index (χ1) is 9.24. The van der Waals surface area contributed by atoms with Gasteiger partial charge in [0.1, 0.15) is 0 Å². The molecule has 2 fully saturated rings. The van der Waals surface area contributed by atoms with Gasteiger partial charge >= 0.3 is 12.1 Å². The van der Waals surface area contributed by atoms with Crippen LogP contribution in [-0.4, -0.2) is 29.7 Å². The number of aliphatic carboxylic acids is 1. The van der Waals surface area contributed by atoms with E-state index in [0.717, 1.165) is 0 Å². The number of alkyl halides is 3. The van der Waals surface area contributed by atoms with Crippen molar-refractivity contribution in [3.63, 3.8) is 0 Å². The molecule has 1 amide bonds. The second kappa shape index (κ2) is 5.26. The minimum Gasteiger partial charge on any atom is -0.481 e. The standard InChI is InChI=1S/C13H18F3NO3/c14-13(15,16)9-3-1-8(2-4-9)10(18)17-7-12(5-6-12)11(19)20/h8-9H,1-7H2,(H,17,18)(H,19,20). The molecule has 0 aromatic heterocycles. The third-order valence-electron chi connectivity index (χ3n) is 4.47. The first-order valence-electron chi connectivity index (χ1n) is 6.82. The summed E-state index contributed by atoms with van der Waals surface area (Å²) in [5.74, 6) is -2.95. The van der Waals surface area contributed by atoms with E-state index in [1.807, 2.05) is 0 Å². The monoisotopic (exact) mass is 293 g/mol. The molecule has 114 valence electrons. The van der Waals surface area contributed by atoms with E-state index in [4.69, 9.17) is 5.11 Å². The summed E-state index contributed by atoms with van der Waals surface area (Å²) in [6, 6.07) is 0. The SMILES string of the molecule is O=C(NCC1(C(=O)O)CC1)C1CCC(C(F)(F)F)CC1. The van der Waals surface area contributed by atoms with E-state index < -0.39 is 29.4 Å². The fourth-order valence-electron chi connectivity index (χ4n) is 2.70. The summed E-state index contributed by atoms with van der Waals surface area (Å²) in [6.07, 6.45) is -2.70. The van der Waals surface area contributed by atoms with Crippen LogP contribution in [-0.2, 0) is 9.59 Å². The Balaban J connectivity index is 1.77. The maximum Gasteiger partial charge on any atom is 0.391 e. The van der Waals surface area contributed by atoms with Gasteiger partial charge in [0.2, 0.25) is 5.91 Å². The molecule has 2 N–H and O–H groups in total. The number of halogens is 3. The van der Waals surface area contributed by atoms with Crippen LogP contribution in [0, 0.1) is 17.3 Å². The molecule has 2 rings (SSSR count). The van der Waals surface area contributed by atoms with E-state index in [2.05, 4.69) is 5.32 Å². The Kier molecular flexibility index (Phi) is 3.97. The summed E-state index contributed by atoms with van der Waals surface area (Å²) in [5, 5.41) is 11.6. The van der Waals surface area contributed by atoms with E-state index in [-0.39, 0.29) is 38.1 Å². The van der Waals surface area contributed by atoms with Gasteiger partial charge in [-0.25, -0.2) is 0 Å². The van der Waals surface area contributed by atoms with Crippen LogP contribution in [0.1, 0.15) is 38.5 Å². The largest absolute Gasteiger partial charge is 0.481 e. The van der Waals surface area contributed by atoms with Crippen LogP contribution in [0.4, 0.5) is 13.2 Å². The molecule has 0 saturated heterocycles.